The van der Waals surface area contributed by atoms with Gasteiger partial charge in [-0.25, -0.2) is 12.8 Å². The fourth-order valence-electron chi connectivity index (χ4n) is 1.44. The zero-order valence-corrected chi connectivity index (χ0v) is 12.9. The van der Waals surface area contributed by atoms with E-state index in [2.05, 4.69) is 0 Å². The molecule has 0 saturated heterocycles. The molecule has 2 N–H and O–H groups in total. The number of sulfonamides is 1. The second-order valence-corrected chi connectivity index (χ2v) is 7.29. The molecule has 0 radical (unpaired) electrons. The van der Waals surface area contributed by atoms with Crippen molar-refractivity contribution in [3.8, 4) is 0 Å². The van der Waals surface area contributed by atoms with Crippen molar-refractivity contribution < 1.29 is 12.8 Å². The Morgan fingerprint density at radius 3 is 2.42 bits per heavy atom. The summed E-state index contributed by atoms with van der Waals surface area (Å²) in [6.45, 7) is 5.48. The first-order chi connectivity index (χ1) is 8.54. The van der Waals surface area contributed by atoms with Gasteiger partial charge in [0, 0.05) is 12.6 Å². The van der Waals surface area contributed by atoms with Gasteiger partial charge in [0.05, 0.1) is 10.7 Å². The van der Waals surface area contributed by atoms with Gasteiger partial charge in [-0.1, -0.05) is 18.5 Å². The molecule has 4 nitrogen and oxygen atoms in total. The molecule has 0 heterocycles. The highest BCUT2D eigenvalue weighted by molar-refractivity contribution is 7.89. The molecule has 0 atom stereocenters. The highest BCUT2D eigenvalue weighted by Gasteiger charge is 2.34. The van der Waals surface area contributed by atoms with E-state index in [0.717, 1.165) is 12.1 Å². The summed E-state index contributed by atoms with van der Waals surface area (Å²) in [5, 5.41) is -0.176. The summed E-state index contributed by atoms with van der Waals surface area (Å²) in [6.07, 6.45) is 0.622. The van der Waals surface area contributed by atoms with E-state index in [0.29, 0.717) is 6.42 Å². The highest BCUT2D eigenvalue weighted by Crippen LogP contribution is 2.31. The number of hydrogen-bond donors (Lipinski definition) is 1. The molecule has 1 aromatic rings. The average molecular weight is 309 g/mol. The van der Waals surface area contributed by atoms with Crippen LogP contribution in [0.25, 0.3) is 0 Å². The molecule has 19 heavy (non-hydrogen) atoms. The Balaban J connectivity index is 3.40. The topological polar surface area (TPSA) is 63.4 Å². The van der Waals surface area contributed by atoms with E-state index >= 15 is 0 Å². The van der Waals surface area contributed by atoms with Crippen molar-refractivity contribution in [2.45, 2.75) is 37.6 Å². The van der Waals surface area contributed by atoms with E-state index in [1.165, 1.54) is 11.4 Å². The Bertz CT molecular complexity index is 588. The van der Waals surface area contributed by atoms with Crippen LogP contribution in [-0.4, -0.2) is 25.3 Å². The minimum absolute atomic E-state index is 0.176. The highest BCUT2D eigenvalue weighted by atomic mass is 35.5. The lowest BCUT2D eigenvalue weighted by atomic mass is 10.0. The van der Waals surface area contributed by atoms with Gasteiger partial charge < -0.3 is 5.73 Å². The van der Waals surface area contributed by atoms with Crippen molar-refractivity contribution in [3.63, 3.8) is 0 Å². The van der Waals surface area contributed by atoms with Gasteiger partial charge in [-0.3, -0.25) is 0 Å². The first-order valence-corrected chi connectivity index (χ1v) is 7.59. The molecular weight excluding hydrogens is 291 g/mol. The van der Waals surface area contributed by atoms with Crippen LogP contribution in [0.2, 0.25) is 5.02 Å². The third kappa shape index (κ3) is 3.01. The number of nitrogens with two attached hydrogens (primary N) is 1. The lowest BCUT2D eigenvalue weighted by Crippen LogP contribution is -2.44. The standard InChI is InChI=1S/C12H18ClFN2O2S/c1-5-12(2,3)16(4)19(17,18)11-7-10(15)9(14)6-8(11)13/h6-7H,5,15H2,1-4H3. The van der Waals surface area contributed by atoms with E-state index in [1.807, 2.05) is 6.92 Å². The largest absolute Gasteiger partial charge is 0.396 e. The lowest BCUT2D eigenvalue weighted by molar-refractivity contribution is 0.257. The Morgan fingerprint density at radius 2 is 1.95 bits per heavy atom. The van der Waals surface area contributed by atoms with Crippen molar-refractivity contribution in [1.29, 1.82) is 0 Å². The summed E-state index contributed by atoms with van der Waals surface area (Å²) in [6, 6.07) is 1.96. The van der Waals surface area contributed by atoms with Crippen LogP contribution < -0.4 is 5.73 Å². The summed E-state index contributed by atoms with van der Waals surface area (Å²) in [4.78, 5) is -0.183. The first-order valence-electron chi connectivity index (χ1n) is 5.77. The van der Waals surface area contributed by atoms with Crippen molar-refractivity contribution in [3.05, 3.63) is 23.0 Å². The van der Waals surface area contributed by atoms with Crippen molar-refractivity contribution in [2.24, 2.45) is 0 Å². The summed E-state index contributed by atoms with van der Waals surface area (Å²) in [7, 11) is -2.36. The maximum atomic E-state index is 13.2. The van der Waals surface area contributed by atoms with E-state index in [9.17, 15) is 12.8 Å². The molecule has 0 amide bonds. The van der Waals surface area contributed by atoms with Crippen molar-refractivity contribution in [1.82, 2.24) is 4.31 Å². The molecule has 7 heteroatoms. The Kier molecular flexibility index (Phi) is 4.49. The molecular formula is C12H18ClFN2O2S. The molecule has 0 bridgehead atoms. The minimum atomic E-state index is -3.82. The maximum absolute atomic E-state index is 13.2. The zero-order chi connectivity index (χ0) is 15.0. The average Bonchev–Trinajstić information content (AvgIpc) is 2.32. The number of benzene rings is 1. The number of hydrogen-bond acceptors (Lipinski definition) is 3. The second kappa shape index (κ2) is 5.26. The van der Waals surface area contributed by atoms with Gasteiger partial charge in [0.15, 0.2) is 0 Å². The van der Waals surface area contributed by atoms with Crippen LogP contribution >= 0.6 is 11.6 Å². The van der Waals surface area contributed by atoms with Crippen LogP contribution in [0, 0.1) is 5.82 Å². The van der Waals surface area contributed by atoms with Gasteiger partial charge in [0.25, 0.3) is 0 Å². The van der Waals surface area contributed by atoms with Crippen LogP contribution in [-0.2, 0) is 10.0 Å². The smallest absolute Gasteiger partial charge is 0.244 e. The molecule has 0 saturated carbocycles. The predicted molar refractivity (Wildman–Crippen MR) is 75.1 cm³/mol. The number of nitrogens with zero attached hydrogens (tertiary/aromatic N) is 1. The second-order valence-electron chi connectivity index (χ2n) is 4.94. The number of halogens is 2. The molecule has 0 fully saturated rings. The van der Waals surface area contributed by atoms with Gasteiger partial charge in [-0.15, -0.1) is 0 Å². The zero-order valence-electron chi connectivity index (χ0n) is 11.4. The maximum Gasteiger partial charge on any atom is 0.244 e. The monoisotopic (exact) mass is 308 g/mol. The molecule has 0 unspecified atom stereocenters. The van der Waals surface area contributed by atoms with Crippen LogP contribution in [0.4, 0.5) is 10.1 Å². The van der Waals surface area contributed by atoms with Crippen LogP contribution in [0.5, 0.6) is 0 Å². The van der Waals surface area contributed by atoms with Gasteiger partial charge in [-0.05, 0) is 32.4 Å². The van der Waals surface area contributed by atoms with Gasteiger partial charge >= 0.3 is 0 Å². The fourth-order valence-corrected chi connectivity index (χ4v) is 3.54. The number of nitrogen functional groups attached to an aromatic ring is 1. The van der Waals surface area contributed by atoms with Crippen LogP contribution in [0.3, 0.4) is 0 Å². The predicted octanol–water partition coefficient (Wildman–Crippen LogP) is 2.87. The molecule has 0 aliphatic rings. The van der Waals surface area contributed by atoms with Crippen molar-refractivity contribution >= 4 is 27.3 Å². The quantitative estimate of drug-likeness (QED) is 0.870. The molecule has 1 rings (SSSR count). The number of anilines is 1. The summed E-state index contributed by atoms with van der Waals surface area (Å²) >= 11 is 5.82. The third-order valence-corrected chi connectivity index (χ3v) is 5.94. The molecule has 1 aromatic carbocycles. The Morgan fingerprint density at radius 1 is 1.42 bits per heavy atom. The molecule has 108 valence electrons. The van der Waals surface area contributed by atoms with E-state index in [-0.39, 0.29) is 15.6 Å². The molecule has 0 spiro atoms. The van der Waals surface area contributed by atoms with E-state index < -0.39 is 21.4 Å². The minimum Gasteiger partial charge on any atom is -0.396 e. The number of rotatable bonds is 4. The van der Waals surface area contributed by atoms with E-state index in [1.54, 1.807) is 13.8 Å². The van der Waals surface area contributed by atoms with Crippen molar-refractivity contribution in [2.75, 3.05) is 12.8 Å². The Labute approximate surface area is 118 Å². The van der Waals surface area contributed by atoms with Crippen LogP contribution in [0.1, 0.15) is 27.2 Å². The SMILES string of the molecule is CCC(C)(C)N(C)S(=O)(=O)c1cc(N)c(F)cc1Cl. The van der Waals surface area contributed by atoms with Gasteiger partial charge in [0.2, 0.25) is 10.0 Å². The van der Waals surface area contributed by atoms with E-state index in [4.69, 9.17) is 17.3 Å². The molecule has 0 aromatic heterocycles. The van der Waals surface area contributed by atoms with Gasteiger partial charge in [0.1, 0.15) is 10.7 Å². The summed E-state index contributed by atoms with van der Waals surface area (Å²) in [5.41, 5.74) is 4.59. The summed E-state index contributed by atoms with van der Waals surface area (Å²) < 4.78 is 39.4. The Hall–Kier alpha value is -0.850. The van der Waals surface area contributed by atoms with Crippen LogP contribution in [0.15, 0.2) is 17.0 Å². The normalized spacial score (nSPS) is 13.0. The summed E-state index contributed by atoms with van der Waals surface area (Å²) in [5.74, 6) is -0.735. The first kappa shape index (κ1) is 16.2. The fraction of sp³-hybridized carbons (Fsp3) is 0.500. The molecule has 0 aliphatic heterocycles. The van der Waals surface area contributed by atoms with Gasteiger partial charge in [-0.2, -0.15) is 4.31 Å². The molecule has 0 aliphatic carbocycles. The third-order valence-electron chi connectivity index (χ3n) is 3.41. The lowest BCUT2D eigenvalue weighted by Gasteiger charge is -2.33.